The van der Waals surface area contributed by atoms with E-state index in [1.165, 1.54) is 25.4 Å². The zero-order chi connectivity index (χ0) is 19.0. The minimum Gasteiger partial charge on any atom is -0.478 e. The molecular weight excluding hydrogens is 356 g/mol. The van der Waals surface area contributed by atoms with Crippen molar-refractivity contribution in [2.24, 2.45) is 5.92 Å². The van der Waals surface area contributed by atoms with Gasteiger partial charge in [-0.2, -0.15) is 0 Å². The molecule has 1 aromatic carbocycles. The van der Waals surface area contributed by atoms with Crippen LogP contribution in [0.5, 0.6) is 0 Å². The Morgan fingerprint density at radius 2 is 1.88 bits per heavy atom. The third kappa shape index (κ3) is 3.22. The van der Waals surface area contributed by atoms with Crippen molar-refractivity contribution in [3.63, 3.8) is 0 Å². The standard InChI is InChI=1S/C18H19ClN4O3/c1-9-10(2)23(11(3)24)15-5-4-12(17(25)26)6-14(15)16(9)22-18-20-7-13(19)8-21-18/h4-10,16H,1-3H3,(H,25,26)(H,20,21,22)/t9-,10-,16+/m0/s1. The molecule has 8 heteroatoms. The van der Waals surface area contributed by atoms with E-state index in [-0.39, 0.29) is 29.5 Å². The number of halogens is 1. The van der Waals surface area contributed by atoms with E-state index >= 15 is 0 Å². The largest absolute Gasteiger partial charge is 0.478 e. The molecule has 2 heterocycles. The molecule has 136 valence electrons. The van der Waals surface area contributed by atoms with Crippen molar-refractivity contribution in [1.29, 1.82) is 0 Å². The van der Waals surface area contributed by atoms with Crippen molar-refractivity contribution in [3.8, 4) is 0 Å². The van der Waals surface area contributed by atoms with Crippen LogP contribution in [0.3, 0.4) is 0 Å². The average molecular weight is 375 g/mol. The Bertz CT molecular complexity index is 856. The van der Waals surface area contributed by atoms with Gasteiger partial charge in [0.15, 0.2) is 0 Å². The van der Waals surface area contributed by atoms with E-state index in [0.29, 0.717) is 16.7 Å². The van der Waals surface area contributed by atoms with Crippen LogP contribution in [0, 0.1) is 5.92 Å². The van der Waals surface area contributed by atoms with Crippen LogP contribution in [0.2, 0.25) is 5.02 Å². The molecule has 1 amide bonds. The summed E-state index contributed by atoms with van der Waals surface area (Å²) in [7, 11) is 0. The van der Waals surface area contributed by atoms with Gasteiger partial charge < -0.3 is 15.3 Å². The van der Waals surface area contributed by atoms with Crippen molar-refractivity contribution >= 4 is 35.1 Å². The summed E-state index contributed by atoms with van der Waals surface area (Å²) in [5.74, 6) is -0.721. The number of nitrogens with zero attached hydrogens (tertiary/aromatic N) is 3. The fourth-order valence-corrected chi connectivity index (χ4v) is 3.46. The minimum atomic E-state index is -1.02. The SMILES string of the molecule is CC(=O)N1c2ccc(C(=O)O)cc2[C@H](Nc2ncc(Cl)cn2)[C@@H](C)[C@@H]1C. The number of benzene rings is 1. The molecule has 0 saturated heterocycles. The first-order chi connectivity index (χ1) is 12.3. The maximum atomic E-state index is 12.2. The number of carboxylic acid groups (broad SMARTS) is 1. The quantitative estimate of drug-likeness (QED) is 0.855. The molecule has 1 aliphatic heterocycles. The molecule has 26 heavy (non-hydrogen) atoms. The van der Waals surface area contributed by atoms with Gasteiger partial charge in [0.2, 0.25) is 11.9 Å². The number of anilines is 2. The third-order valence-electron chi connectivity index (χ3n) is 4.81. The summed E-state index contributed by atoms with van der Waals surface area (Å²) in [5, 5.41) is 13.0. The first-order valence-electron chi connectivity index (χ1n) is 8.20. The zero-order valence-corrected chi connectivity index (χ0v) is 15.4. The molecule has 7 nitrogen and oxygen atoms in total. The molecule has 0 unspecified atom stereocenters. The molecule has 2 aromatic rings. The number of carbonyl (C=O) groups excluding carboxylic acids is 1. The van der Waals surface area contributed by atoms with Crippen molar-refractivity contribution in [2.45, 2.75) is 32.9 Å². The molecule has 0 aliphatic carbocycles. The molecule has 0 spiro atoms. The van der Waals surface area contributed by atoms with Gasteiger partial charge in [0.25, 0.3) is 0 Å². The fourth-order valence-electron chi connectivity index (χ4n) is 3.36. The molecule has 0 fully saturated rings. The Hall–Kier alpha value is -2.67. The van der Waals surface area contributed by atoms with Crippen LogP contribution < -0.4 is 10.2 Å². The second-order valence-corrected chi connectivity index (χ2v) is 6.85. The predicted octanol–water partition coefficient (Wildman–Crippen LogP) is 3.37. The normalized spacial score (nSPS) is 21.8. The first-order valence-corrected chi connectivity index (χ1v) is 8.58. The van der Waals surface area contributed by atoms with Crippen molar-refractivity contribution in [1.82, 2.24) is 9.97 Å². The molecule has 3 rings (SSSR count). The third-order valence-corrected chi connectivity index (χ3v) is 5.00. The number of aromatic nitrogens is 2. The van der Waals surface area contributed by atoms with Crippen LogP contribution >= 0.6 is 11.6 Å². The molecule has 0 bridgehead atoms. The number of hydrogen-bond donors (Lipinski definition) is 2. The van der Waals surface area contributed by atoms with E-state index in [9.17, 15) is 14.7 Å². The molecule has 2 N–H and O–H groups in total. The Kier molecular flexibility index (Phi) is 4.82. The summed E-state index contributed by atoms with van der Waals surface area (Å²) in [6.07, 6.45) is 2.98. The highest BCUT2D eigenvalue weighted by Crippen LogP contribution is 2.42. The smallest absolute Gasteiger partial charge is 0.335 e. The number of aromatic carboxylic acids is 1. The Labute approximate surface area is 156 Å². The van der Waals surface area contributed by atoms with Gasteiger partial charge in [-0.05, 0) is 30.7 Å². The molecule has 1 aliphatic rings. The summed E-state index contributed by atoms with van der Waals surface area (Å²) in [6.45, 7) is 5.48. The average Bonchev–Trinajstić information content (AvgIpc) is 2.60. The predicted molar refractivity (Wildman–Crippen MR) is 98.6 cm³/mol. The van der Waals surface area contributed by atoms with Crippen LogP contribution in [0.15, 0.2) is 30.6 Å². The van der Waals surface area contributed by atoms with Crippen LogP contribution in [-0.4, -0.2) is 33.0 Å². The summed E-state index contributed by atoms with van der Waals surface area (Å²) >= 11 is 5.83. The number of rotatable bonds is 3. The highest BCUT2D eigenvalue weighted by Gasteiger charge is 2.38. The first kappa shape index (κ1) is 18.1. The number of nitrogens with one attached hydrogen (secondary N) is 1. The van der Waals surface area contributed by atoms with Gasteiger partial charge in [0.1, 0.15) is 0 Å². The van der Waals surface area contributed by atoms with Gasteiger partial charge in [-0.15, -0.1) is 0 Å². The van der Waals surface area contributed by atoms with Crippen molar-refractivity contribution < 1.29 is 14.7 Å². The Morgan fingerprint density at radius 3 is 2.46 bits per heavy atom. The van der Waals surface area contributed by atoms with Gasteiger partial charge in [-0.3, -0.25) is 4.79 Å². The van der Waals surface area contributed by atoms with Crippen LogP contribution in [0.25, 0.3) is 0 Å². The monoisotopic (exact) mass is 374 g/mol. The van der Waals surface area contributed by atoms with Gasteiger partial charge in [-0.25, -0.2) is 14.8 Å². The molecule has 0 saturated carbocycles. The van der Waals surface area contributed by atoms with E-state index in [2.05, 4.69) is 15.3 Å². The fraction of sp³-hybridized carbons (Fsp3) is 0.333. The number of fused-ring (bicyclic) bond motifs is 1. The van der Waals surface area contributed by atoms with E-state index in [1.54, 1.807) is 17.0 Å². The van der Waals surface area contributed by atoms with E-state index in [4.69, 9.17) is 11.6 Å². The van der Waals surface area contributed by atoms with Crippen molar-refractivity contribution in [3.05, 3.63) is 46.7 Å². The van der Waals surface area contributed by atoms with Crippen LogP contribution in [0.4, 0.5) is 11.6 Å². The molecular formula is C18H19ClN4O3. The van der Waals surface area contributed by atoms with E-state index in [0.717, 1.165) is 5.56 Å². The maximum Gasteiger partial charge on any atom is 0.335 e. The van der Waals surface area contributed by atoms with Crippen LogP contribution in [0.1, 0.15) is 42.7 Å². The molecule has 3 atom stereocenters. The summed E-state index contributed by atoms with van der Waals surface area (Å²) in [6, 6.07) is 4.45. The highest BCUT2D eigenvalue weighted by molar-refractivity contribution is 6.30. The van der Waals surface area contributed by atoms with E-state index < -0.39 is 5.97 Å². The zero-order valence-electron chi connectivity index (χ0n) is 14.6. The van der Waals surface area contributed by atoms with E-state index in [1.807, 2.05) is 13.8 Å². The lowest BCUT2D eigenvalue weighted by molar-refractivity contribution is -0.117. The second kappa shape index (κ2) is 6.92. The summed E-state index contributed by atoms with van der Waals surface area (Å²) in [4.78, 5) is 33.6. The van der Waals surface area contributed by atoms with Gasteiger partial charge >= 0.3 is 5.97 Å². The minimum absolute atomic E-state index is 0.00489. The van der Waals surface area contributed by atoms with Gasteiger partial charge in [0, 0.05) is 24.6 Å². The molecule has 1 aromatic heterocycles. The Balaban J connectivity index is 2.09. The maximum absolute atomic E-state index is 12.2. The second-order valence-electron chi connectivity index (χ2n) is 6.41. The molecule has 0 radical (unpaired) electrons. The van der Waals surface area contributed by atoms with Gasteiger partial charge in [0.05, 0.1) is 29.0 Å². The number of carbonyl (C=O) groups is 2. The summed E-state index contributed by atoms with van der Waals surface area (Å²) < 4.78 is 0. The summed E-state index contributed by atoms with van der Waals surface area (Å²) in [5.41, 5.74) is 1.58. The number of hydrogen-bond acceptors (Lipinski definition) is 5. The highest BCUT2D eigenvalue weighted by atomic mass is 35.5. The van der Waals surface area contributed by atoms with Crippen molar-refractivity contribution in [2.75, 3.05) is 10.2 Å². The number of amides is 1. The topological polar surface area (TPSA) is 95.4 Å². The van der Waals surface area contributed by atoms with Gasteiger partial charge in [-0.1, -0.05) is 18.5 Å². The number of carboxylic acids is 1. The Morgan fingerprint density at radius 1 is 1.23 bits per heavy atom. The lowest BCUT2D eigenvalue weighted by atomic mass is 9.82. The van der Waals surface area contributed by atoms with Crippen LogP contribution in [-0.2, 0) is 4.79 Å². The lowest BCUT2D eigenvalue weighted by Crippen LogP contribution is -2.48. The lowest BCUT2D eigenvalue weighted by Gasteiger charge is -2.43.